The molecule has 0 bridgehead atoms. The molecule has 0 spiro atoms. The Balaban J connectivity index is 2.02. The highest BCUT2D eigenvalue weighted by molar-refractivity contribution is 6.08. The summed E-state index contributed by atoms with van der Waals surface area (Å²) in [5.41, 5.74) is -3.09. The molecule has 2 aliphatic heterocycles. The van der Waals surface area contributed by atoms with Crippen LogP contribution >= 0.6 is 0 Å². The highest BCUT2D eigenvalue weighted by Gasteiger charge is 2.47. The lowest BCUT2D eigenvalue weighted by Crippen LogP contribution is -2.60. The van der Waals surface area contributed by atoms with Crippen LogP contribution in [0.15, 0.2) is 12.1 Å². The summed E-state index contributed by atoms with van der Waals surface area (Å²) < 4.78 is 15.3. The van der Waals surface area contributed by atoms with E-state index in [9.17, 15) is 55.5 Å². The fraction of sp³-hybridized carbons (Fsp3) is 0.300. The molecule has 1 fully saturated rings. The number of cyclic esters (lactones) is 1. The number of fused-ring (bicyclic) bond motifs is 4. The highest BCUT2D eigenvalue weighted by Crippen LogP contribution is 2.52. The molecular formula is C20H18O14. The van der Waals surface area contributed by atoms with Crippen LogP contribution in [0.5, 0.6) is 34.5 Å². The van der Waals surface area contributed by atoms with Crippen molar-refractivity contribution >= 4 is 11.9 Å². The zero-order valence-electron chi connectivity index (χ0n) is 16.8. The van der Waals surface area contributed by atoms with Gasteiger partial charge in [-0.05, 0) is 12.1 Å². The first kappa shape index (κ1) is 23.2. The summed E-state index contributed by atoms with van der Waals surface area (Å²) in [4.78, 5) is 25.9. The van der Waals surface area contributed by atoms with Crippen LogP contribution < -0.4 is 0 Å². The number of carbonyl (C=O) groups is 2. The predicted octanol–water partition coefficient (Wildman–Crippen LogP) is -1.28. The average Bonchev–Trinajstić information content (AvgIpc) is 2.81. The first-order chi connectivity index (χ1) is 15.9. The second kappa shape index (κ2) is 8.11. The lowest BCUT2D eigenvalue weighted by molar-refractivity contribution is -0.285. The minimum absolute atomic E-state index is 0.597. The number of aromatic hydroxyl groups is 6. The van der Waals surface area contributed by atoms with Crippen molar-refractivity contribution in [1.29, 1.82) is 0 Å². The number of aliphatic hydroxyl groups is 3. The zero-order valence-corrected chi connectivity index (χ0v) is 16.8. The quantitative estimate of drug-likeness (QED) is 0.157. The third kappa shape index (κ3) is 3.45. The highest BCUT2D eigenvalue weighted by atomic mass is 16.7. The molecule has 2 heterocycles. The molecule has 2 unspecified atom stereocenters. The lowest BCUT2D eigenvalue weighted by Gasteiger charge is -2.39. The summed E-state index contributed by atoms with van der Waals surface area (Å²) in [6.07, 6.45) is -9.10. The molecule has 34 heavy (non-hydrogen) atoms. The Morgan fingerprint density at radius 3 is 1.74 bits per heavy atom. The number of aliphatic hydroxyl groups excluding tert-OH is 3. The van der Waals surface area contributed by atoms with Gasteiger partial charge in [0, 0.05) is 11.1 Å². The third-order valence-corrected chi connectivity index (χ3v) is 5.48. The van der Waals surface area contributed by atoms with Gasteiger partial charge in [0.25, 0.3) is 0 Å². The Bertz CT molecular complexity index is 1190. The van der Waals surface area contributed by atoms with Crippen molar-refractivity contribution in [2.45, 2.75) is 30.7 Å². The Kier molecular flexibility index (Phi) is 5.53. The van der Waals surface area contributed by atoms with Crippen molar-refractivity contribution in [3.63, 3.8) is 0 Å². The molecular weight excluding hydrogens is 464 g/mol. The maximum atomic E-state index is 13.0. The first-order valence-electron chi connectivity index (χ1n) is 9.57. The van der Waals surface area contributed by atoms with E-state index in [1.54, 1.807) is 0 Å². The molecule has 2 aromatic rings. The summed E-state index contributed by atoms with van der Waals surface area (Å²) in [6.45, 7) is -0.779. The molecule has 14 heteroatoms. The Hall–Kier alpha value is -3.98. The normalized spacial score (nSPS) is 26.9. The largest absolute Gasteiger partial charge is 0.504 e. The topological polar surface area (TPSA) is 244 Å². The van der Waals surface area contributed by atoms with Crippen LogP contribution in [0.25, 0.3) is 11.1 Å². The molecule has 0 aliphatic carbocycles. The Morgan fingerprint density at radius 2 is 1.21 bits per heavy atom. The Labute approximate surface area is 188 Å². The molecule has 9 N–H and O–H groups in total. The van der Waals surface area contributed by atoms with Gasteiger partial charge in [-0.25, -0.2) is 9.59 Å². The maximum Gasteiger partial charge on any atom is 0.339 e. The van der Waals surface area contributed by atoms with Crippen molar-refractivity contribution in [1.82, 2.24) is 0 Å². The van der Waals surface area contributed by atoms with Gasteiger partial charge < -0.3 is 60.2 Å². The van der Waals surface area contributed by atoms with Crippen molar-refractivity contribution in [3.05, 3.63) is 23.3 Å². The molecule has 2 aromatic carbocycles. The van der Waals surface area contributed by atoms with Crippen molar-refractivity contribution in [2.75, 3.05) is 6.61 Å². The minimum Gasteiger partial charge on any atom is -0.504 e. The molecule has 4 rings (SSSR count). The molecule has 2 aliphatic rings. The van der Waals surface area contributed by atoms with Gasteiger partial charge in [0.05, 0.1) is 11.1 Å². The number of hydrogen-bond acceptors (Lipinski definition) is 14. The molecule has 0 saturated carbocycles. The standard InChI is InChI=1S/C20H18O14/c21-6-1-4-9(13(25)11(6)23)10-5(2-7(22)12(24)14(10)26)19(30)34-17-8(3-32-18(4)29)33-20(31)16(28)15(17)27/h1-2,8,15-17,20-28,31H,3H2/t8?,15-,16?,17-,20-/m1/s1. The molecule has 0 aromatic heterocycles. The van der Waals surface area contributed by atoms with Crippen molar-refractivity contribution in [2.24, 2.45) is 0 Å². The van der Waals surface area contributed by atoms with Gasteiger partial charge >= 0.3 is 11.9 Å². The van der Waals surface area contributed by atoms with Crippen LogP contribution in [0.3, 0.4) is 0 Å². The van der Waals surface area contributed by atoms with E-state index in [-0.39, 0.29) is 0 Å². The molecule has 14 nitrogen and oxygen atoms in total. The van der Waals surface area contributed by atoms with Gasteiger partial charge in [-0.15, -0.1) is 0 Å². The second-order valence-corrected chi connectivity index (χ2v) is 7.55. The summed E-state index contributed by atoms with van der Waals surface area (Å²) >= 11 is 0. The predicted molar refractivity (Wildman–Crippen MR) is 104 cm³/mol. The third-order valence-electron chi connectivity index (χ3n) is 5.48. The fourth-order valence-corrected chi connectivity index (χ4v) is 3.74. The number of benzene rings is 2. The van der Waals surface area contributed by atoms with E-state index in [1.807, 2.05) is 0 Å². The number of esters is 2. The Morgan fingerprint density at radius 1 is 0.706 bits per heavy atom. The molecule has 1 saturated heterocycles. The number of phenols is 6. The number of carbonyl (C=O) groups excluding carboxylic acids is 2. The van der Waals surface area contributed by atoms with Gasteiger partial charge in [0.2, 0.25) is 11.5 Å². The minimum atomic E-state index is -1.95. The molecule has 182 valence electrons. The molecule has 0 radical (unpaired) electrons. The van der Waals surface area contributed by atoms with Gasteiger partial charge in [0.1, 0.15) is 24.9 Å². The van der Waals surface area contributed by atoms with E-state index in [0.717, 1.165) is 0 Å². The van der Waals surface area contributed by atoms with Gasteiger partial charge in [-0.3, -0.25) is 0 Å². The number of phenolic OH excluding ortho intramolecular Hbond substituents is 6. The van der Waals surface area contributed by atoms with Crippen molar-refractivity contribution < 1.29 is 69.8 Å². The van der Waals surface area contributed by atoms with Crippen LogP contribution in [-0.4, -0.2) is 95.2 Å². The van der Waals surface area contributed by atoms with Crippen LogP contribution in [-0.2, 0) is 14.2 Å². The van der Waals surface area contributed by atoms with E-state index < -0.39 is 106 Å². The fourth-order valence-electron chi connectivity index (χ4n) is 3.74. The average molecular weight is 482 g/mol. The van der Waals surface area contributed by atoms with Gasteiger partial charge in [-0.1, -0.05) is 0 Å². The smallest absolute Gasteiger partial charge is 0.339 e. The number of rotatable bonds is 0. The van der Waals surface area contributed by atoms with E-state index in [2.05, 4.69) is 0 Å². The maximum absolute atomic E-state index is 13.0. The number of ether oxygens (including phenoxy) is 3. The van der Waals surface area contributed by atoms with Crippen LogP contribution in [0, 0.1) is 0 Å². The summed E-state index contributed by atoms with van der Waals surface area (Å²) in [6, 6.07) is 1.23. The molecule has 0 amide bonds. The first-order valence-corrected chi connectivity index (χ1v) is 9.57. The summed E-state index contributed by atoms with van der Waals surface area (Å²) in [7, 11) is 0. The van der Waals surface area contributed by atoms with Gasteiger partial charge in [-0.2, -0.15) is 0 Å². The second-order valence-electron chi connectivity index (χ2n) is 7.55. The van der Waals surface area contributed by atoms with E-state index in [1.165, 1.54) is 0 Å². The van der Waals surface area contributed by atoms with Gasteiger partial charge in [0.15, 0.2) is 35.4 Å². The van der Waals surface area contributed by atoms with E-state index in [0.29, 0.717) is 12.1 Å². The number of hydrogen-bond donors (Lipinski definition) is 9. The van der Waals surface area contributed by atoms with E-state index >= 15 is 0 Å². The van der Waals surface area contributed by atoms with Crippen LogP contribution in [0.2, 0.25) is 0 Å². The van der Waals surface area contributed by atoms with Crippen molar-refractivity contribution in [3.8, 4) is 45.6 Å². The summed E-state index contributed by atoms with van der Waals surface area (Å²) in [5, 5.41) is 90.8. The van der Waals surface area contributed by atoms with Crippen LogP contribution in [0.1, 0.15) is 20.7 Å². The monoisotopic (exact) mass is 482 g/mol. The molecule has 5 atom stereocenters. The zero-order chi connectivity index (χ0) is 25.1. The van der Waals surface area contributed by atoms with E-state index in [4.69, 9.17) is 14.2 Å². The summed E-state index contributed by atoms with van der Waals surface area (Å²) in [5.74, 6) is -9.53. The van der Waals surface area contributed by atoms with Crippen LogP contribution in [0.4, 0.5) is 0 Å². The SMILES string of the molecule is O=C1OCC2O[C@@H](O)C(O)[C@@H](O)[C@@H]2OC(=O)c2cc(O)c(O)c(O)c2-c2c1cc(O)c(O)c2O. The lowest BCUT2D eigenvalue weighted by atomic mass is 9.92.